The average Bonchev–Trinajstić information content (AvgIpc) is 1.95. The molecule has 0 aromatic rings. The van der Waals surface area contributed by atoms with Gasteiger partial charge in [0.15, 0.2) is 0 Å². The maximum Gasteiger partial charge on any atom is 0.0158 e. The van der Waals surface area contributed by atoms with E-state index in [2.05, 4.69) is 44.8 Å². The fourth-order valence-electron chi connectivity index (χ4n) is 3.04. The van der Waals surface area contributed by atoms with Gasteiger partial charge in [0.1, 0.15) is 0 Å². The molecule has 0 spiro atoms. The van der Waals surface area contributed by atoms with E-state index in [0.717, 1.165) is 0 Å². The number of nitrogens with zero attached hydrogens (tertiary/aromatic N) is 1. The topological polar surface area (TPSA) is 15.3 Å². The quantitative estimate of drug-likeness (QED) is 0.779. The molecule has 0 atom stereocenters. The Balaban J connectivity index is 2.57. The first-order valence-electron chi connectivity index (χ1n) is 6.77. The van der Waals surface area contributed by atoms with Crippen LogP contribution in [0.3, 0.4) is 0 Å². The molecule has 2 heteroatoms. The van der Waals surface area contributed by atoms with Gasteiger partial charge in [-0.2, -0.15) is 0 Å². The molecule has 1 rings (SSSR count). The van der Waals surface area contributed by atoms with Gasteiger partial charge >= 0.3 is 0 Å². The average molecular weight is 226 g/mol. The van der Waals surface area contributed by atoms with Gasteiger partial charge in [0.2, 0.25) is 0 Å². The minimum Gasteiger partial charge on any atom is -0.317 e. The van der Waals surface area contributed by atoms with Crippen LogP contribution >= 0.6 is 0 Å². The molecule has 0 aromatic heterocycles. The largest absolute Gasteiger partial charge is 0.317 e. The van der Waals surface area contributed by atoms with Gasteiger partial charge in [-0.1, -0.05) is 20.8 Å². The molecule has 1 fully saturated rings. The Bertz CT molecular complexity index is 195. The smallest absolute Gasteiger partial charge is 0.0158 e. The molecule has 0 saturated carbocycles. The highest BCUT2D eigenvalue weighted by Gasteiger charge is 2.31. The monoisotopic (exact) mass is 226 g/mol. The number of nitrogens with one attached hydrogen (secondary N) is 1. The minimum absolute atomic E-state index is 0.343. The Morgan fingerprint density at radius 1 is 0.938 bits per heavy atom. The van der Waals surface area contributed by atoms with Gasteiger partial charge in [-0.15, -0.1) is 0 Å². The van der Waals surface area contributed by atoms with E-state index >= 15 is 0 Å². The molecule has 0 unspecified atom stereocenters. The summed E-state index contributed by atoms with van der Waals surface area (Å²) in [5.41, 5.74) is 0.764. The van der Waals surface area contributed by atoms with Crippen molar-refractivity contribution < 1.29 is 0 Å². The summed E-state index contributed by atoms with van der Waals surface area (Å²) < 4.78 is 0. The van der Waals surface area contributed by atoms with E-state index in [1.165, 1.54) is 45.4 Å². The first kappa shape index (κ1) is 14.0. The van der Waals surface area contributed by atoms with Crippen molar-refractivity contribution in [2.45, 2.75) is 59.4 Å². The van der Waals surface area contributed by atoms with E-state index < -0.39 is 0 Å². The van der Waals surface area contributed by atoms with Crippen molar-refractivity contribution in [3.8, 4) is 0 Å². The molecule has 0 radical (unpaired) electrons. The SMILES string of the molecule is CC(C)(C)CC(C)(C)N1CCCNCCC1. The zero-order chi connectivity index (χ0) is 12.2. The van der Waals surface area contributed by atoms with E-state index in [1.807, 2.05) is 0 Å². The summed E-state index contributed by atoms with van der Waals surface area (Å²) in [6.07, 6.45) is 3.84. The second-order valence-corrected chi connectivity index (χ2v) is 6.99. The summed E-state index contributed by atoms with van der Waals surface area (Å²) in [6.45, 7) is 16.7. The first-order chi connectivity index (χ1) is 7.31. The van der Waals surface area contributed by atoms with Gasteiger partial charge in [-0.05, 0) is 64.7 Å². The third-order valence-corrected chi connectivity index (χ3v) is 3.38. The van der Waals surface area contributed by atoms with Gasteiger partial charge in [-0.25, -0.2) is 0 Å². The fraction of sp³-hybridized carbons (Fsp3) is 1.00. The Hall–Kier alpha value is -0.0800. The van der Waals surface area contributed by atoms with Crippen molar-refractivity contribution in [2.75, 3.05) is 26.2 Å². The number of rotatable bonds is 2. The Kier molecular flexibility index (Phi) is 4.81. The zero-order valence-corrected chi connectivity index (χ0v) is 11.9. The normalized spacial score (nSPS) is 21.6. The summed E-state index contributed by atoms with van der Waals surface area (Å²) in [5, 5.41) is 3.48. The van der Waals surface area contributed by atoms with E-state index in [9.17, 15) is 0 Å². The van der Waals surface area contributed by atoms with Crippen LogP contribution in [-0.4, -0.2) is 36.6 Å². The zero-order valence-electron chi connectivity index (χ0n) is 11.9. The summed E-state index contributed by atoms with van der Waals surface area (Å²) in [7, 11) is 0. The van der Waals surface area contributed by atoms with Crippen LogP contribution in [0, 0.1) is 5.41 Å². The summed E-state index contributed by atoms with van der Waals surface area (Å²) in [5.74, 6) is 0. The highest BCUT2D eigenvalue weighted by atomic mass is 15.2. The second-order valence-electron chi connectivity index (χ2n) is 6.99. The van der Waals surface area contributed by atoms with Crippen LogP contribution in [0.15, 0.2) is 0 Å². The molecule has 1 aliphatic heterocycles. The molecule has 0 aromatic carbocycles. The molecule has 1 aliphatic rings. The van der Waals surface area contributed by atoms with Crippen molar-refractivity contribution in [3.05, 3.63) is 0 Å². The lowest BCUT2D eigenvalue weighted by Gasteiger charge is -2.43. The lowest BCUT2D eigenvalue weighted by Crippen LogP contribution is -2.49. The van der Waals surface area contributed by atoms with E-state index in [4.69, 9.17) is 0 Å². The Morgan fingerprint density at radius 2 is 1.44 bits per heavy atom. The van der Waals surface area contributed by atoms with Gasteiger partial charge in [-0.3, -0.25) is 4.90 Å². The third-order valence-electron chi connectivity index (χ3n) is 3.38. The highest BCUT2D eigenvalue weighted by molar-refractivity contribution is 4.86. The van der Waals surface area contributed by atoms with Crippen LogP contribution < -0.4 is 5.32 Å². The van der Waals surface area contributed by atoms with Crippen LogP contribution in [-0.2, 0) is 0 Å². The lowest BCUT2D eigenvalue weighted by atomic mass is 9.80. The van der Waals surface area contributed by atoms with Crippen molar-refractivity contribution in [3.63, 3.8) is 0 Å². The van der Waals surface area contributed by atoms with Crippen molar-refractivity contribution >= 4 is 0 Å². The summed E-state index contributed by atoms with van der Waals surface area (Å²) in [6, 6.07) is 0. The molecular formula is C14H30N2. The molecule has 1 heterocycles. The van der Waals surface area contributed by atoms with Gasteiger partial charge in [0.05, 0.1) is 0 Å². The number of hydrogen-bond donors (Lipinski definition) is 1. The van der Waals surface area contributed by atoms with Crippen LogP contribution in [0.4, 0.5) is 0 Å². The molecule has 96 valence electrons. The van der Waals surface area contributed by atoms with E-state index in [1.54, 1.807) is 0 Å². The minimum atomic E-state index is 0.343. The third kappa shape index (κ3) is 4.84. The standard InChI is InChI=1S/C14H30N2/c1-13(2,3)12-14(4,5)16-10-6-8-15-9-7-11-16/h15H,6-12H2,1-5H3. The Morgan fingerprint density at radius 3 is 1.88 bits per heavy atom. The van der Waals surface area contributed by atoms with Crippen molar-refractivity contribution in [2.24, 2.45) is 5.41 Å². The molecule has 1 N–H and O–H groups in total. The van der Waals surface area contributed by atoms with Gasteiger partial charge < -0.3 is 5.32 Å². The van der Waals surface area contributed by atoms with Crippen LogP contribution in [0.1, 0.15) is 53.9 Å². The maximum absolute atomic E-state index is 3.48. The van der Waals surface area contributed by atoms with Gasteiger partial charge in [0.25, 0.3) is 0 Å². The lowest BCUT2D eigenvalue weighted by molar-refractivity contribution is 0.0709. The maximum atomic E-state index is 3.48. The van der Waals surface area contributed by atoms with Crippen LogP contribution in [0.25, 0.3) is 0 Å². The highest BCUT2D eigenvalue weighted by Crippen LogP contribution is 2.31. The summed E-state index contributed by atoms with van der Waals surface area (Å²) >= 11 is 0. The van der Waals surface area contributed by atoms with Crippen LogP contribution in [0.2, 0.25) is 0 Å². The molecule has 16 heavy (non-hydrogen) atoms. The second kappa shape index (κ2) is 5.50. The van der Waals surface area contributed by atoms with Crippen molar-refractivity contribution in [1.82, 2.24) is 10.2 Å². The Labute approximate surface area is 102 Å². The first-order valence-corrected chi connectivity index (χ1v) is 6.77. The van der Waals surface area contributed by atoms with E-state index in [0.29, 0.717) is 11.0 Å². The predicted molar refractivity (Wildman–Crippen MR) is 71.8 cm³/mol. The van der Waals surface area contributed by atoms with Crippen LogP contribution in [0.5, 0.6) is 0 Å². The van der Waals surface area contributed by atoms with Gasteiger partial charge in [0, 0.05) is 5.54 Å². The molecule has 2 nitrogen and oxygen atoms in total. The fourth-order valence-corrected chi connectivity index (χ4v) is 3.04. The molecule has 0 bridgehead atoms. The molecule has 1 saturated heterocycles. The molecule has 0 amide bonds. The van der Waals surface area contributed by atoms with Crippen molar-refractivity contribution in [1.29, 1.82) is 0 Å². The summed E-state index contributed by atoms with van der Waals surface area (Å²) in [4.78, 5) is 2.69. The molecular weight excluding hydrogens is 196 g/mol. The predicted octanol–water partition coefficient (Wildman–Crippen LogP) is 2.89. The number of hydrogen-bond acceptors (Lipinski definition) is 2. The molecule has 0 aliphatic carbocycles. The van der Waals surface area contributed by atoms with E-state index in [-0.39, 0.29) is 0 Å².